The molecule has 0 heterocycles. The Kier molecular flexibility index (Phi) is 4.33. The van der Waals surface area contributed by atoms with Crippen LogP contribution in [-0.4, -0.2) is 11.1 Å². The highest BCUT2D eigenvalue weighted by Crippen LogP contribution is 2.23. The molecule has 82 valence electrons. The van der Waals surface area contributed by atoms with Gasteiger partial charge in [0.1, 0.15) is 0 Å². The molecule has 0 saturated heterocycles. The second-order valence-corrected chi connectivity index (χ2v) is 4.58. The highest BCUT2D eigenvalue weighted by atomic mass is 79.9. The Bertz CT molecular complexity index is 349. The third-order valence-corrected chi connectivity index (χ3v) is 3.60. The van der Waals surface area contributed by atoms with Crippen LogP contribution in [0.3, 0.4) is 0 Å². The molecule has 1 aromatic carbocycles. The zero-order chi connectivity index (χ0) is 11.4. The van der Waals surface area contributed by atoms with Gasteiger partial charge in [0.25, 0.3) is 0 Å². The predicted octanol–water partition coefficient (Wildman–Crippen LogP) is 3.47. The number of benzene rings is 1. The first-order chi connectivity index (χ1) is 7.00. The highest BCUT2D eigenvalue weighted by molar-refractivity contribution is 9.10. The molecule has 0 aliphatic carbocycles. The molecule has 0 saturated carbocycles. The van der Waals surface area contributed by atoms with Gasteiger partial charge in [-0.25, -0.2) is 0 Å². The van der Waals surface area contributed by atoms with Crippen molar-refractivity contribution in [3.8, 4) is 0 Å². The molecule has 0 spiro atoms. The van der Waals surface area contributed by atoms with Crippen molar-refractivity contribution < 1.29 is 9.90 Å². The predicted molar refractivity (Wildman–Crippen MR) is 64.2 cm³/mol. The molecule has 1 N–H and O–H groups in total. The third-order valence-electron chi connectivity index (χ3n) is 2.35. The zero-order valence-electron chi connectivity index (χ0n) is 9.01. The van der Waals surface area contributed by atoms with Crippen molar-refractivity contribution in [2.24, 2.45) is 0 Å². The molecule has 15 heavy (non-hydrogen) atoms. The van der Waals surface area contributed by atoms with Gasteiger partial charge >= 0.3 is 5.97 Å². The average Bonchev–Trinajstić information content (AvgIpc) is 2.13. The molecule has 0 atom stereocenters. The minimum atomic E-state index is -0.722. The third kappa shape index (κ3) is 3.67. The van der Waals surface area contributed by atoms with E-state index in [0.717, 1.165) is 10.9 Å². The number of carboxylic acids is 1. The van der Waals surface area contributed by atoms with Crippen molar-refractivity contribution in [1.29, 1.82) is 0 Å². The molecule has 0 amide bonds. The maximum Gasteiger partial charge on any atom is 0.303 e. The van der Waals surface area contributed by atoms with E-state index in [1.54, 1.807) is 0 Å². The Morgan fingerprint density at radius 3 is 2.33 bits per heavy atom. The van der Waals surface area contributed by atoms with Crippen LogP contribution in [0, 0.1) is 13.8 Å². The first-order valence-corrected chi connectivity index (χ1v) is 5.77. The number of carbonyl (C=O) groups is 1. The maximum atomic E-state index is 10.4. The molecular formula is C12H15BrO2. The lowest BCUT2D eigenvalue weighted by molar-refractivity contribution is -0.137. The van der Waals surface area contributed by atoms with Crippen molar-refractivity contribution in [3.63, 3.8) is 0 Å². The quantitative estimate of drug-likeness (QED) is 0.910. The first-order valence-electron chi connectivity index (χ1n) is 4.98. The first kappa shape index (κ1) is 12.2. The van der Waals surface area contributed by atoms with E-state index in [0.29, 0.717) is 6.42 Å². The van der Waals surface area contributed by atoms with Gasteiger partial charge in [-0.1, -0.05) is 28.1 Å². The van der Waals surface area contributed by atoms with Crippen molar-refractivity contribution in [2.75, 3.05) is 0 Å². The summed E-state index contributed by atoms with van der Waals surface area (Å²) in [6.45, 7) is 4.11. The average molecular weight is 271 g/mol. The van der Waals surface area contributed by atoms with E-state index in [1.165, 1.54) is 16.7 Å². The standard InChI is InChI=1S/C12H15BrO2/c1-8-6-10(4-3-5-11(14)15)7-9(2)12(8)13/h6-7H,3-5H2,1-2H3,(H,14,15). The fourth-order valence-corrected chi connectivity index (χ4v) is 1.85. The Morgan fingerprint density at radius 1 is 1.33 bits per heavy atom. The zero-order valence-corrected chi connectivity index (χ0v) is 10.6. The van der Waals surface area contributed by atoms with Gasteiger partial charge in [-0.15, -0.1) is 0 Å². The number of carboxylic acid groups (broad SMARTS) is 1. The van der Waals surface area contributed by atoms with E-state index >= 15 is 0 Å². The van der Waals surface area contributed by atoms with E-state index in [4.69, 9.17) is 5.11 Å². The number of rotatable bonds is 4. The molecular weight excluding hydrogens is 256 g/mol. The Labute approximate surface area is 98.4 Å². The molecule has 1 aromatic rings. The lowest BCUT2D eigenvalue weighted by atomic mass is 10.0. The summed E-state index contributed by atoms with van der Waals surface area (Å²) in [5, 5.41) is 8.54. The molecule has 0 aliphatic rings. The number of aliphatic carboxylic acids is 1. The fourth-order valence-electron chi connectivity index (χ4n) is 1.62. The van der Waals surface area contributed by atoms with E-state index < -0.39 is 5.97 Å². The molecule has 0 aromatic heterocycles. The fraction of sp³-hybridized carbons (Fsp3) is 0.417. The lowest BCUT2D eigenvalue weighted by Crippen LogP contribution is -1.96. The summed E-state index contributed by atoms with van der Waals surface area (Å²) >= 11 is 3.51. The normalized spacial score (nSPS) is 10.3. The Morgan fingerprint density at radius 2 is 1.87 bits per heavy atom. The van der Waals surface area contributed by atoms with Crippen LogP contribution in [0.25, 0.3) is 0 Å². The van der Waals surface area contributed by atoms with Crippen LogP contribution in [0.5, 0.6) is 0 Å². The summed E-state index contributed by atoms with van der Waals surface area (Å²) in [4.78, 5) is 10.4. The number of hydrogen-bond donors (Lipinski definition) is 1. The minimum Gasteiger partial charge on any atom is -0.481 e. The molecule has 1 rings (SSSR count). The Hall–Kier alpha value is -0.830. The summed E-state index contributed by atoms with van der Waals surface area (Å²) in [7, 11) is 0. The topological polar surface area (TPSA) is 37.3 Å². The van der Waals surface area contributed by atoms with Crippen LogP contribution < -0.4 is 0 Å². The number of aryl methyl sites for hydroxylation is 3. The number of halogens is 1. The van der Waals surface area contributed by atoms with Gasteiger partial charge in [0.05, 0.1) is 0 Å². The second kappa shape index (κ2) is 5.31. The van der Waals surface area contributed by atoms with Gasteiger partial charge in [-0.3, -0.25) is 4.79 Å². The summed E-state index contributed by atoms with van der Waals surface area (Å²) in [6.07, 6.45) is 1.78. The largest absolute Gasteiger partial charge is 0.481 e. The maximum absolute atomic E-state index is 10.4. The van der Waals surface area contributed by atoms with E-state index in [2.05, 4.69) is 41.9 Å². The van der Waals surface area contributed by atoms with E-state index in [9.17, 15) is 4.79 Å². The molecule has 0 bridgehead atoms. The molecule has 0 fully saturated rings. The SMILES string of the molecule is Cc1cc(CCCC(=O)O)cc(C)c1Br. The minimum absolute atomic E-state index is 0.244. The van der Waals surface area contributed by atoms with Crippen LogP contribution in [0.15, 0.2) is 16.6 Å². The van der Waals surface area contributed by atoms with Gasteiger partial charge in [0.15, 0.2) is 0 Å². The second-order valence-electron chi connectivity index (χ2n) is 3.79. The van der Waals surface area contributed by atoms with Gasteiger partial charge in [-0.2, -0.15) is 0 Å². The van der Waals surface area contributed by atoms with Crippen LogP contribution in [0.4, 0.5) is 0 Å². The monoisotopic (exact) mass is 270 g/mol. The van der Waals surface area contributed by atoms with Crippen molar-refractivity contribution in [3.05, 3.63) is 33.3 Å². The molecule has 2 nitrogen and oxygen atoms in total. The molecule has 0 aliphatic heterocycles. The summed E-state index contributed by atoms with van der Waals surface area (Å²) in [5.41, 5.74) is 3.63. The van der Waals surface area contributed by atoms with E-state index in [1.807, 2.05) is 0 Å². The highest BCUT2D eigenvalue weighted by Gasteiger charge is 2.03. The van der Waals surface area contributed by atoms with Crippen molar-refractivity contribution >= 4 is 21.9 Å². The molecule has 0 radical (unpaired) electrons. The van der Waals surface area contributed by atoms with Crippen LogP contribution in [0.1, 0.15) is 29.5 Å². The molecule has 3 heteroatoms. The summed E-state index contributed by atoms with van der Waals surface area (Å²) in [5.74, 6) is -0.722. The smallest absolute Gasteiger partial charge is 0.303 e. The lowest BCUT2D eigenvalue weighted by Gasteiger charge is -2.07. The van der Waals surface area contributed by atoms with Crippen molar-refractivity contribution in [2.45, 2.75) is 33.1 Å². The van der Waals surface area contributed by atoms with E-state index in [-0.39, 0.29) is 6.42 Å². The number of hydrogen-bond acceptors (Lipinski definition) is 1. The van der Waals surface area contributed by atoms with Gasteiger partial charge in [-0.05, 0) is 43.4 Å². The van der Waals surface area contributed by atoms with Crippen molar-refractivity contribution in [1.82, 2.24) is 0 Å². The summed E-state index contributed by atoms with van der Waals surface area (Å²) in [6, 6.07) is 4.22. The van der Waals surface area contributed by atoms with Crippen LogP contribution >= 0.6 is 15.9 Å². The summed E-state index contributed by atoms with van der Waals surface area (Å²) < 4.78 is 1.14. The van der Waals surface area contributed by atoms with Crippen LogP contribution in [0.2, 0.25) is 0 Å². The molecule has 0 unspecified atom stereocenters. The Balaban J connectivity index is 2.66. The van der Waals surface area contributed by atoms with Crippen LogP contribution in [-0.2, 0) is 11.2 Å². The van der Waals surface area contributed by atoms with Gasteiger partial charge < -0.3 is 5.11 Å². The van der Waals surface area contributed by atoms with Gasteiger partial charge in [0, 0.05) is 10.9 Å². The van der Waals surface area contributed by atoms with Gasteiger partial charge in [0.2, 0.25) is 0 Å².